The standard InChI is InChI=1S/C29H25F7N2O5/c1-41-22-12-16(4-9-21(22)43-18-7-8-18)20(39)10-11-27(40,29(34,35)36)23-13-19-25(42-14-26(19,37)28(31,32)33)24(38-23)15-2-5-17(30)6-3-15/h2-6,9,12-13,18,40H,7-8,10-11,14,37H2,1H3/t26-,27+/m1/s1. The van der Waals surface area contributed by atoms with E-state index in [9.17, 15) is 40.6 Å². The second-order valence-electron chi connectivity index (χ2n) is 10.5. The molecule has 2 atom stereocenters. The van der Waals surface area contributed by atoms with Crippen molar-refractivity contribution in [3.8, 4) is 28.5 Å². The molecule has 3 aromatic rings. The molecule has 2 aliphatic rings. The van der Waals surface area contributed by atoms with Crippen LogP contribution in [0.5, 0.6) is 17.2 Å². The van der Waals surface area contributed by atoms with Crippen molar-refractivity contribution in [2.75, 3.05) is 13.7 Å². The summed E-state index contributed by atoms with van der Waals surface area (Å²) < 4.78 is 115. The van der Waals surface area contributed by atoms with Crippen LogP contribution in [0, 0.1) is 5.82 Å². The summed E-state index contributed by atoms with van der Waals surface area (Å²) in [6, 6.07) is 8.46. The molecule has 7 nitrogen and oxygen atoms in total. The number of nitrogens with two attached hydrogens (primary N) is 1. The van der Waals surface area contributed by atoms with Crippen LogP contribution in [0.4, 0.5) is 30.7 Å². The molecule has 0 spiro atoms. The molecule has 0 amide bonds. The van der Waals surface area contributed by atoms with Crippen molar-refractivity contribution >= 4 is 5.78 Å². The number of ketones is 1. The van der Waals surface area contributed by atoms with Gasteiger partial charge in [0.1, 0.15) is 18.1 Å². The zero-order valence-corrected chi connectivity index (χ0v) is 22.5. The largest absolute Gasteiger partial charge is 0.493 e. The molecular formula is C29H25F7N2O5. The van der Waals surface area contributed by atoms with E-state index in [-0.39, 0.29) is 23.0 Å². The summed E-state index contributed by atoms with van der Waals surface area (Å²) in [6.45, 7) is -1.17. The smallest absolute Gasteiger partial charge is 0.422 e. The van der Waals surface area contributed by atoms with E-state index in [2.05, 4.69) is 4.98 Å². The van der Waals surface area contributed by atoms with E-state index < -0.39 is 77.2 Å². The highest BCUT2D eigenvalue weighted by molar-refractivity contribution is 5.96. The van der Waals surface area contributed by atoms with Crippen LogP contribution >= 0.6 is 0 Å². The van der Waals surface area contributed by atoms with Gasteiger partial charge < -0.3 is 25.1 Å². The molecule has 1 aromatic heterocycles. The molecule has 14 heteroatoms. The number of ether oxygens (including phenoxy) is 3. The number of fused-ring (bicyclic) bond motifs is 1. The van der Waals surface area contributed by atoms with Gasteiger partial charge in [0, 0.05) is 23.1 Å². The van der Waals surface area contributed by atoms with Gasteiger partial charge in [0.05, 0.1) is 18.9 Å². The van der Waals surface area contributed by atoms with Gasteiger partial charge in [-0.15, -0.1) is 0 Å². The Kier molecular flexibility index (Phi) is 7.58. The summed E-state index contributed by atoms with van der Waals surface area (Å²) in [7, 11) is 1.33. The highest BCUT2D eigenvalue weighted by Gasteiger charge is 2.61. The first-order valence-corrected chi connectivity index (χ1v) is 13.0. The number of benzene rings is 2. The van der Waals surface area contributed by atoms with Crippen molar-refractivity contribution in [2.45, 2.75) is 55.3 Å². The summed E-state index contributed by atoms with van der Waals surface area (Å²) in [5.41, 5.74) is -4.27. The second-order valence-corrected chi connectivity index (χ2v) is 10.5. The molecule has 43 heavy (non-hydrogen) atoms. The quantitative estimate of drug-likeness (QED) is 0.227. The average molecular weight is 615 g/mol. The summed E-state index contributed by atoms with van der Waals surface area (Å²) in [6.07, 6.45) is -11.1. The molecule has 1 saturated carbocycles. The molecule has 0 unspecified atom stereocenters. The van der Waals surface area contributed by atoms with Crippen molar-refractivity contribution in [1.82, 2.24) is 4.98 Å². The number of carbonyl (C=O) groups is 1. The van der Waals surface area contributed by atoms with Gasteiger partial charge in [0.2, 0.25) is 5.60 Å². The number of aliphatic hydroxyl groups is 1. The Morgan fingerprint density at radius 2 is 1.74 bits per heavy atom. The zero-order chi connectivity index (χ0) is 31.4. The number of hydrogen-bond donors (Lipinski definition) is 2. The van der Waals surface area contributed by atoms with E-state index in [4.69, 9.17) is 19.9 Å². The maximum atomic E-state index is 14.5. The average Bonchev–Trinajstić information content (AvgIpc) is 3.70. The van der Waals surface area contributed by atoms with E-state index in [1.54, 1.807) is 0 Å². The maximum absolute atomic E-state index is 14.5. The van der Waals surface area contributed by atoms with Gasteiger partial charge in [-0.2, -0.15) is 26.3 Å². The van der Waals surface area contributed by atoms with Crippen LogP contribution in [0.3, 0.4) is 0 Å². The van der Waals surface area contributed by atoms with Crippen LogP contribution in [-0.2, 0) is 11.1 Å². The van der Waals surface area contributed by atoms with Gasteiger partial charge in [-0.05, 0) is 67.8 Å². The number of hydrogen-bond acceptors (Lipinski definition) is 7. The summed E-state index contributed by atoms with van der Waals surface area (Å²) >= 11 is 0. The van der Waals surface area contributed by atoms with Crippen molar-refractivity contribution in [2.24, 2.45) is 5.73 Å². The third-order valence-corrected chi connectivity index (χ3v) is 7.43. The molecule has 2 aromatic carbocycles. The molecular weight excluding hydrogens is 589 g/mol. The summed E-state index contributed by atoms with van der Waals surface area (Å²) in [5.74, 6) is -1.57. The minimum Gasteiger partial charge on any atom is -0.493 e. The molecule has 230 valence electrons. The number of Topliss-reactive ketones (excluding diaryl/α,β-unsaturated/α-hetero) is 1. The number of carbonyl (C=O) groups excluding carboxylic acids is 1. The minimum absolute atomic E-state index is 0.00636. The Labute approximate surface area is 240 Å². The molecule has 3 N–H and O–H groups in total. The lowest BCUT2D eigenvalue weighted by Crippen LogP contribution is -2.52. The van der Waals surface area contributed by atoms with Crippen LogP contribution in [0.2, 0.25) is 0 Å². The van der Waals surface area contributed by atoms with Gasteiger partial charge in [-0.1, -0.05) is 0 Å². The fourth-order valence-corrected chi connectivity index (χ4v) is 4.68. The first kappa shape index (κ1) is 30.5. The molecule has 1 fully saturated rings. The number of halogens is 7. The Balaban J connectivity index is 1.54. The van der Waals surface area contributed by atoms with Gasteiger partial charge >= 0.3 is 12.4 Å². The SMILES string of the molecule is COc1cc(C(=O)CC[C@](O)(c2cc3c(c(-c4ccc(F)cc4)n2)OC[C@]3(N)C(F)(F)F)C(F)(F)F)ccc1OC1CC1. The van der Waals surface area contributed by atoms with E-state index >= 15 is 0 Å². The molecule has 2 heterocycles. The predicted octanol–water partition coefficient (Wildman–Crippen LogP) is 5.96. The van der Waals surface area contributed by atoms with E-state index in [0.29, 0.717) is 11.8 Å². The highest BCUT2D eigenvalue weighted by Crippen LogP contribution is 2.51. The normalized spacial score (nSPS) is 19.8. The lowest BCUT2D eigenvalue weighted by molar-refractivity contribution is -0.270. The molecule has 0 saturated heterocycles. The molecule has 1 aliphatic carbocycles. The Bertz CT molecular complexity index is 1540. The summed E-state index contributed by atoms with van der Waals surface area (Å²) in [5, 5.41) is 11.1. The number of pyridine rings is 1. The van der Waals surface area contributed by atoms with Crippen LogP contribution in [-0.4, -0.2) is 48.0 Å². The van der Waals surface area contributed by atoms with Crippen LogP contribution in [0.15, 0.2) is 48.5 Å². The fourth-order valence-electron chi connectivity index (χ4n) is 4.68. The fraction of sp³-hybridized carbons (Fsp3) is 0.379. The van der Waals surface area contributed by atoms with Crippen molar-refractivity contribution in [3.63, 3.8) is 0 Å². The lowest BCUT2D eigenvalue weighted by atomic mass is 9.85. The molecule has 0 radical (unpaired) electrons. The first-order valence-electron chi connectivity index (χ1n) is 13.0. The minimum atomic E-state index is -5.50. The van der Waals surface area contributed by atoms with Crippen LogP contribution in [0.1, 0.15) is 47.3 Å². The molecule has 5 rings (SSSR count). The Morgan fingerprint density at radius 3 is 2.33 bits per heavy atom. The molecule has 1 aliphatic heterocycles. The van der Waals surface area contributed by atoms with Gasteiger partial charge in [0.15, 0.2) is 28.6 Å². The predicted molar refractivity (Wildman–Crippen MR) is 137 cm³/mol. The third kappa shape index (κ3) is 5.60. The van der Waals surface area contributed by atoms with Crippen molar-refractivity contribution in [1.29, 1.82) is 0 Å². The number of aromatic nitrogens is 1. The summed E-state index contributed by atoms with van der Waals surface area (Å²) in [4.78, 5) is 16.9. The highest BCUT2D eigenvalue weighted by atomic mass is 19.4. The Hall–Kier alpha value is -3.91. The monoisotopic (exact) mass is 614 g/mol. The lowest BCUT2D eigenvalue weighted by Gasteiger charge is -2.32. The number of methoxy groups -OCH3 is 1. The van der Waals surface area contributed by atoms with Gasteiger partial charge in [-0.3, -0.25) is 4.79 Å². The van der Waals surface area contributed by atoms with Crippen molar-refractivity contribution in [3.05, 3.63) is 71.2 Å². The van der Waals surface area contributed by atoms with E-state index in [1.807, 2.05) is 0 Å². The van der Waals surface area contributed by atoms with Crippen LogP contribution < -0.4 is 19.9 Å². The second kappa shape index (κ2) is 10.7. The molecule has 0 bridgehead atoms. The van der Waals surface area contributed by atoms with Gasteiger partial charge in [-0.25, -0.2) is 9.37 Å². The first-order chi connectivity index (χ1) is 20.1. The zero-order valence-electron chi connectivity index (χ0n) is 22.5. The van der Waals surface area contributed by atoms with E-state index in [0.717, 1.165) is 37.1 Å². The number of alkyl halides is 6. The van der Waals surface area contributed by atoms with E-state index in [1.165, 1.54) is 25.3 Å². The van der Waals surface area contributed by atoms with Crippen LogP contribution in [0.25, 0.3) is 11.3 Å². The number of nitrogens with zero attached hydrogens (tertiary/aromatic N) is 1. The number of rotatable bonds is 9. The van der Waals surface area contributed by atoms with Gasteiger partial charge in [0.25, 0.3) is 0 Å². The van der Waals surface area contributed by atoms with Crippen molar-refractivity contribution < 1.29 is 54.8 Å². The maximum Gasteiger partial charge on any atom is 0.422 e. The topological polar surface area (TPSA) is 104 Å². The third-order valence-electron chi connectivity index (χ3n) is 7.43. The Morgan fingerprint density at radius 1 is 1.07 bits per heavy atom.